The van der Waals surface area contributed by atoms with Crippen LogP contribution in [0.3, 0.4) is 0 Å². The Morgan fingerprint density at radius 1 is 0.857 bits per heavy atom. The fourth-order valence-electron chi connectivity index (χ4n) is 5.22. The van der Waals surface area contributed by atoms with Gasteiger partial charge in [-0.3, -0.25) is 0 Å². The minimum absolute atomic E-state index is 1.08. The first-order valence-electron chi connectivity index (χ1n) is 9.39. The molecule has 116 valence electrons. The van der Waals surface area contributed by atoms with Crippen LogP contribution in [-0.4, -0.2) is 8.07 Å². The van der Waals surface area contributed by atoms with E-state index in [1.165, 1.54) is 31.7 Å². The fraction of sp³-hybridized carbons (Fsp3) is 0.700. The number of benzene rings is 1. The quantitative estimate of drug-likeness (QED) is 0.622. The molecular weight excluding hydrogens is 268 g/mol. The second kappa shape index (κ2) is 7.13. The number of rotatable bonds is 4. The van der Waals surface area contributed by atoms with Crippen LogP contribution in [0.15, 0.2) is 30.3 Å². The molecule has 0 aromatic heterocycles. The summed E-state index contributed by atoms with van der Waals surface area (Å²) in [6.07, 6.45) is 12.1. The van der Waals surface area contributed by atoms with Crippen molar-refractivity contribution in [2.75, 3.05) is 0 Å². The summed E-state index contributed by atoms with van der Waals surface area (Å²) >= 11 is 0. The van der Waals surface area contributed by atoms with Crippen LogP contribution >= 0.6 is 0 Å². The Labute approximate surface area is 132 Å². The highest BCUT2D eigenvalue weighted by atomic mass is 28.3. The summed E-state index contributed by atoms with van der Waals surface area (Å²) in [6, 6.07) is 16.3. The van der Waals surface area contributed by atoms with Crippen LogP contribution in [0.5, 0.6) is 0 Å². The maximum Gasteiger partial charge on any atom is 0.0867 e. The Morgan fingerprint density at radius 2 is 1.48 bits per heavy atom. The normalized spacial score (nSPS) is 31.2. The zero-order valence-electron chi connectivity index (χ0n) is 13.8. The Balaban J connectivity index is 1.68. The summed E-state index contributed by atoms with van der Waals surface area (Å²) in [5, 5.41) is 1.76. The van der Waals surface area contributed by atoms with E-state index in [2.05, 4.69) is 37.3 Å². The Kier molecular flexibility index (Phi) is 5.21. The lowest BCUT2D eigenvalue weighted by molar-refractivity contribution is 0.229. The summed E-state index contributed by atoms with van der Waals surface area (Å²) in [4.78, 5) is 0. The van der Waals surface area contributed by atoms with Gasteiger partial charge in [0.05, 0.1) is 8.07 Å². The zero-order chi connectivity index (χ0) is 14.5. The average Bonchev–Trinajstić information content (AvgIpc) is 2.57. The topological polar surface area (TPSA) is 0 Å². The summed E-state index contributed by atoms with van der Waals surface area (Å²) < 4.78 is 0. The van der Waals surface area contributed by atoms with Gasteiger partial charge in [-0.05, 0) is 11.8 Å². The van der Waals surface area contributed by atoms with E-state index in [9.17, 15) is 0 Å². The van der Waals surface area contributed by atoms with Gasteiger partial charge < -0.3 is 0 Å². The van der Waals surface area contributed by atoms with E-state index in [0.717, 1.165) is 11.8 Å². The van der Waals surface area contributed by atoms with E-state index in [1.807, 2.05) is 0 Å². The molecule has 1 aliphatic carbocycles. The molecule has 1 aliphatic heterocycles. The molecule has 2 aliphatic rings. The molecule has 3 rings (SSSR count). The van der Waals surface area contributed by atoms with Crippen LogP contribution in [0, 0.1) is 11.8 Å². The third-order valence-electron chi connectivity index (χ3n) is 6.42. The van der Waals surface area contributed by atoms with E-state index in [0.29, 0.717) is 0 Å². The van der Waals surface area contributed by atoms with Crippen LogP contribution in [0.2, 0.25) is 18.1 Å². The van der Waals surface area contributed by atoms with Gasteiger partial charge >= 0.3 is 0 Å². The summed E-state index contributed by atoms with van der Waals surface area (Å²) in [5.74, 6) is 2.16. The molecular formula is C20H32Si. The summed E-state index contributed by atoms with van der Waals surface area (Å²) in [7, 11) is -1.16. The number of hydrogen-bond donors (Lipinski definition) is 0. The molecule has 0 radical (unpaired) electrons. The van der Waals surface area contributed by atoms with Gasteiger partial charge in [0.25, 0.3) is 0 Å². The highest BCUT2D eigenvalue weighted by molar-refractivity contribution is 6.92. The first-order chi connectivity index (χ1) is 10.3. The van der Waals surface area contributed by atoms with Gasteiger partial charge in [-0.25, -0.2) is 0 Å². The Hall–Kier alpha value is -0.563. The largest absolute Gasteiger partial charge is 0.0867 e. The highest BCUT2D eigenvalue weighted by Crippen LogP contribution is 2.42. The third kappa shape index (κ3) is 3.44. The monoisotopic (exact) mass is 300 g/mol. The lowest BCUT2D eigenvalue weighted by Crippen LogP contribution is -2.50. The van der Waals surface area contributed by atoms with Crippen molar-refractivity contribution in [2.24, 2.45) is 11.8 Å². The molecule has 0 atom stereocenters. The van der Waals surface area contributed by atoms with Crippen LogP contribution < -0.4 is 5.19 Å². The molecule has 21 heavy (non-hydrogen) atoms. The molecule has 0 spiro atoms. The Bertz CT molecular complexity index is 411. The molecule has 1 saturated carbocycles. The predicted molar refractivity (Wildman–Crippen MR) is 95.8 cm³/mol. The molecule has 1 saturated heterocycles. The molecule has 0 amide bonds. The lowest BCUT2D eigenvalue weighted by Gasteiger charge is -2.42. The van der Waals surface area contributed by atoms with Crippen LogP contribution in [0.25, 0.3) is 0 Å². The van der Waals surface area contributed by atoms with Gasteiger partial charge in [0.2, 0.25) is 0 Å². The van der Waals surface area contributed by atoms with Crippen molar-refractivity contribution in [1.29, 1.82) is 0 Å². The SMILES string of the molecule is CCC[Si]1(c2ccccc2)CCC(C2CCCCC2)CC1. The third-order valence-corrected chi connectivity index (χ3v) is 11.9. The second-order valence-electron chi connectivity index (χ2n) is 7.63. The van der Waals surface area contributed by atoms with Crippen molar-refractivity contribution in [3.05, 3.63) is 30.3 Å². The number of hydrogen-bond acceptors (Lipinski definition) is 0. The van der Waals surface area contributed by atoms with Crippen molar-refractivity contribution in [3.8, 4) is 0 Å². The van der Waals surface area contributed by atoms with Crippen molar-refractivity contribution < 1.29 is 0 Å². The van der Waals surface area contributed by atoms with E-state index in [1.54, 1.807) is 43.0 Å². The van der Waals surface area contributed by atoms with Gasteiger partial charge in [-0.15, -0.1) is 0 Å². The van der Waals surface area contributed by atoms with Gasteiger partial charge in [0.15, 0.2) is 0 Å². The van der Waals surface area contributed by atoms with Crippen molar-refractivity contribution >= 4 is 13.3 Å². The molecule has 1 heterocycles. The Morgan fingerprint density at radius 3 is 2.10 bits per heavy atom. The predicted octanol–water partition coefficient (Wildman–Crippen LogP) is 5.74. The minimum atomic E-state index is -1.16. The molecule has 1 aromatic rings. The molecule has 1 aromatic carbocycles. The fourth-order valence-corrected chi connectivity index (χ4v) is 10.5. The smallest absolute Gasteiger partial charge is 0.0656 e. The average molecular weight is 301 g/mol. The molecule has 1 heteroatoms. The summed E-state index contributed by atoms with van der Waals surface area (Å²) in [5.41, 5.74) is 0. The molecule has 2 fully saturated rings. The van der Waals surface area contributed by atoms with Gasteiger partial charge in [-0.2, -0.15) is 0 Å². The van der Waals surface area contributed by atoms with Gasteiger partial charge in [-0.1, -0.05) is 112 Å². The van der Waals surface area contributed by atoms with E-state index in [-0.39, 0.29) is 0 Å². The second-order valence-corrected chi connectivity index (χ2v) is 12.3. The van der Waals surface area contributed by atoms with Crippen molar-refractivity contribution in [1.82, 2.24) is 0 Å². The van der Waals surface area contributed by atoms with Crippen LogP contribution in [0.1, 0.15) is 58.3 Å². The van der Waals surface area contributed by atoms with E-state index >= 15 is 0 Å². The van der Waals surface area contributed by atoms with E-state index in [4.69, 9.17) is 0 Å². The van der Waals surface area contributed by atoms with Crippen molar-refractivity contribution in [3.63, 3.8) is 0 Å². The summed E-state index contributed by atoms with van der Waals surface area (Å²) in [6.45, 7) is 2.39. The highest BCUT2D eigenvalue weighted by Gasteiger charge is 2.39. The molecule has 0 unspecified atom stereocenters. The standard InChI is InChI=1S/C20H32Si/c1-2-15-21(20-11-7-4-8-12-20)16-13-19(14-17-21)18-9-5-3-6-10-18/h4,7-8,11-12,18-19H,2-3,5-6,9-10,13-17H2,1H3. The molecule has 0 nitrogen and oxygen atoms in total. The lowest BCUT2D eigenvalue weighted by atomic mass is 9.77. The minimum Gasteiger partial charge on any atom is -0.0656 e. The van der Waals surface area contributed by atoms with Gasteiger partial charge in [0.1, 0.15) is 0 Å². The van der Waals surface area contributed by atoms with Gasteiger partial charge in [0, 0.05) is 0 Å². The maximum absolute atomic E-state index is 2.45. The van der Waals surface area contributed by atoms with Crippen LogP contribution in [-0.2, 0) is 0 Å². The maximum atomic E-state index is 2.45. The van der Waals surface area contributed by atoms with E-state index < -0.39 is 8.07 Å². The van der Waals surface area contributed by atoms with Crippen LogP contribution in [0.4, 0.5) is 0 Å². The first kappa shape index (κ1) is 15.3. The molecule has 0 bridgehead atoms. The molecule has 0 N–H and O–H groups in total. The zero-order valence-corrected chi connectivity index (χ0v) is 14.8. The van der Waals surface area contributed by atoms with Crippen molar-refractivity contribution in [2.45, 2.75) is 76.4 Å². The first-order valence-corrected chi connectivity index (χ1v) is 12.0.